The zero-order chi connectivity index (χ0) is 15.8. The summed E-state index contributed by atoms with van der Waals surface area (Å²) in [7, 11) is 0. The summed E-state index contributed by atoms with van der Waals surface area (Å²) in [6, 6.07) is 0. The Bertz CT molecular complexity index is 581. The second kappa shape index (κ2) is 5.17. The molecule has 4 heteroatoms. The minimum absolute atomic E-state index is 0.0401. The number of hydrogen-bond donors (Lipinski definition) is 1. The van der Waals surface area contributed by atoms with E-state index in [1.807, 2.05) is 19.9 Å². The minimum atomic E-state index is -0.408. The fourth-order valence-electron chi connectivity index (χ4n) is 3.25. The van der Waals surface area contributed by atoms with Gasteiger partial charge >= 0.3 is 5.97 Å². The molecule has 1 saturated heterocycles. The van der Waals surface area contributed by atoms with Crippen LogP contribution in [0.25, 0.3) is 0 Å². The van der Waals surface area contributed by atoms with Crippen LogP contribution in [0.4, 0.5) is 0 Å². The average Bonchev–Trinajstić information content (AvgIpc) is 2.59. The molecule has 1 fully saturated rings. The molecule has 0 bridgehead atoms. The van der Waals surface area contributed by atoms with E-state index in [-0.39, 0.29) is 17.3 Å². The zero-order valence-corrected chi connectivity index (χ0v) is 13.4. The number of ketones is 1. The first-order chi connectivity index (χ1) is 9.70. The highest BCUT2D eigenvalue weighted by Gasteiger charge is 2.48. The molecule has 0 saturated carbocycles. The summed E-state index contributed by atoms with van der Waals surface area (Å²) < 4.78 is 5.03. The molecule has 4 nitrogen and oxygen atoms in total. The number of carbonyl (C=O) groups is 2. The lowest BCUT2D eigenvalue weighted by Gasteiger charge is -2.31. The summed E-state index contributed by atoms with van der Waals surface area (Å²) in [5.41, 5.74) is 1.94. The van der Waals surface area contributed by atoms with Gasteiger partial charge in [0, 0.05) is 17.3 Å². The van der Waals surface area contributed by atoms with Crippen molar-refractivity contribution in [3.05, 3.63) is 35.1 Å². The largest absolute Gasteiger partial charge is 0.463 e. The molecular weight excluding hydrogens is 266 g/mol. The molecule has 0 aromatic heterocycles. The zero-order valence-electron chi connectivity index (χ0n) is 13.4. The third-order valence-electron chi connectivity index (χ3n) is 4.13. The average molecular weight is 289 g/mol. The van der Waals surface area contributed by atoms with Crippen LogP contribution in [-0.2, 0) is 14.3 Å². The number of ether oxygens (including phenoxy) is 1. The molecule has 1 aliphatic heterocycles. The first-order valence-electron chi connectivity index (χ1n) is 7.30. The van der Waals surface area contributed by atoms with E-state index in [4.69, 9.17) is 4.74 Å². The molecule has 0 aromatic rings. The maximum absolute atomic E-state index is 11.9. The second-order valence-corrected chi connectivity index (χ2v) is 6.49. The van der Waals surface area contributed by atoms with Crippen molar-refractivity contribution in [3.63, 3.8) is 0 Å². The molecule has 1 heterocycles. The molecular formula is C17H23NO3. The van der Waals surface area contributed by atoms with Crippen LogP contribution < -0.4 is 5.32 Å². The lowest BCUT2D eigenvalue weighted by atomic mass is 9.70. The quantitative estimate of drug-likeness (QED) is 0.627. The van der Waals surface area contributed by atoms with Crippen LogP contribution in [0.3, 0.4) is 0 Å². The van der Waals surface area contributed by atoms with Gasteiger partial charge in [-0.3, -0.25) is 4.79 Å². The Morgan fingerprint density at radius 3 is 2.71 bits per heavy atom. The van der Waals surface area contributed by atoms with Crippen molar-refractivity contribution < 1.29 is 14.3 Å². The summed E-state index contributed by atoms with van der Waals surface area (Å²) in [5, 5.41) is 3.41. The van der Waals surface area contributed by atoms with Crippen molar-refractivity contribution in [1.29, 1.82) is 0 Å². The van der Waals surface area contributed by atoms with Crippen LogP contribution in [0.5, 0.6) is 0 Å². The molecule has 1 atom stereocenters. The number of carbonyl (C=O) groups excluding carboxylic acids is 2. The van der Waals surface area contributed by atoms with Gasteiger partial charge in [-0.25, -0.2) is 4.79 Å². The van der Waals surface area contributed by atoms with E-state index in [1.54, 1.807) is 13.0 Å². The lowest BCUT2D eigenvalue weighted by Crippen LogP contribution is -2.31. The molecule has 114 valence electrons. The van der Waals surface area contributed by atoms with Crippen molar-refractivity contribution >= 4 is 11.8 Å². The van der Waals surface area contributed by atoms with Gasteiger partial charge in [-0.1, -0.05) is 11.6 Å². The molecule has 2 aliphatic rings. The standard InChI is InChI=1S/C17H23NO3/c1-6-21-15(20)8-14-17(10-16(4,5)18-14)9-11(2)13(19)7-12(17)3/h7-9,18H,6,10H2,1-5H3/b14-8-. The third-order valence-corrected chi connectivity index (χ3v) is 4.13. The van der Waals surface area contributed by atoms with Crippen molar-refractivity contribution in [3.8, 4) is 0 Å². The summed E-state index contributed by atoms with van der Waals surface area (Å²) in [6.07, 6.45) is 5.99. The molecule has 0 aromatic carbocycles. The van der Waals surface area contributed by atoms with Crippen LogP contribution in [0.1, 0.15) is 41.0 Å². The SMILES string of the molecule is CCOC(=O)/C=C1\NC(C)(C)CC12C=C(C)C(=O)C=C2C. The van der Waals surface area contributed by atoms with Gasteiger partial charge in [0.15, 0.2) is 5.78 Å². The second-order valence-electron chi connectivity index (χ2n) is 6.49. The number of hydrogen-bond acceptors (Lipinski definition) is 4. The van der Waals surface area contributed by atoms with Crippen LogP contribution in [0, 0.1) is 5.41 Å². The Balaban J connectivity index is 2.51. The highest BCUT2D eigenvalue weighted by Crippen LogP contribution is 2.50. The number of nitrogens with one attached hydrogen (secondary N) is 1. The predicted molar refractivity (Wildman–Crippen MR) is 81.5 cm³/mol. The smallest absolute Gasteiger partial charge is 0.332 e. The first kappa shape index (κ1) is 15.5. The van der Waals surface area contributed by atoms with Crippen molar-refractivity contribution in [1.82, 2.24) is 5.32 Å². The van der Waals surface area contributed by atoms with Gasteiger partial charge in [-0.2, -0.15) is 0 Å². The van der Waals surface area contributed by atoms with Gasteiger partial charge in [0.2, 0.25) is 0 Å². The van der Waals surface area contributed by atoms with Gasteiger partial charge in [-0.15, -0.1) is 0 Å². The van der Waals surface area contributed by atoms with Gasteiger partial charge in [0.05, 0.1) is 12.0 Å². The molecule has 1 unspecified atom stereocenters. The Morgan fingerprint density at radius 1 is 1.43 bits per heavy atom. The van der Waals surface area contributed by atoms with E-state index >= 15 is 0 Å². The monoisotopic (exact) mass is 289 g/mol. The predicted octanol–water partition coefficient (Wildman–Crippen LogP) is 2.67. The van der Waals surface area contributed by atoms with E-state index in [9.17, 15) is 9.59 Å². The normalized spacial score (nSPS) is 29.2. The van der Waals surface area contributed by atoms with E-state index in [2.05, 4.69) is 19.2 Å². The van der Waals surface area contributed by atoms with Gasteiger partial charge in [0.25, 0.3) is 0 Å². The highest BCUT2D eigenvalue weighted by molar-refractivity contribution is 6.05. The van der Waals surface area contributed by atoms with E-state index in [1.165, 1.54) is 6.08 Å². The fourth-order valence-corrected chi connectivity index (χ4v) is 3.25. The lowest BCUT2D eigenvalue weighted by molar-refractivity contribution is -0.137. The van der Waals surface area contributed by atoms with Crippen LogP contribution in [0.15, 0.2) is 35.1 Å². The summed E-state index contributed by atoms with van der Waals surface area (Å²) in [5.74, 6) is -0.314. The maximum Gasteiger partial charge on any atom is 0.332 e. The molecule has 1 spiro atoms. The minimum Gasteiger partial charge on any atom is -0.463 e. The number of esters is 1. The van der Waals surface area contributed by atoms with Crippen molar-refractivity contribution in [2.24, 2.45) is 5.41 Å². The Morgan fingerprint density at radius 2 is 2.10 bits per heavy atom. The van der Waals surface area contributed by atoms with Crippen molar-refractivity contribution in [2.75, 3.05) is 6.61 Å². The van der Waals surface area contributed by atoms with E-state index in [0.29, 0.717) is 6.61 Å². The van der Waals surface area contributed by atoms with Crippen molar-refractivity contribution in [2.45, 2.75) is 46.6 Å². The fraction of sp³-hybridized carbons (Fsp3) is 0.529. The third kappa shape index (κ3) is 2.80. The molecule has 2 rings (SSSR count). The number of allylic oxidation sites excluding steroid dienone is 3. The van der Waals surface area contributed by atoms with Crippen LogP contribution >= 0.6 is 0 Å². The molecule has 1 N–H and O–H groups in total. The molecule has 21 heavy (non-hydrogen) atoms. The topological polar surface area (TPSA) is 55.4 Å². The van der Waals surface area contributed by atoms with Crippen LogP contribution in [0.2, 0.25) is 0 Å². The Kier molecular flexibility index (Phi) is 3.83. The summed E-state index contributed by atoms with van der Waals surface area (Å²) >= 11 is 0. The Labute approximate surface area is 125 Å². The van der Waals surface area contributed by atoms with E-state index in [0.717, 1.165) is 23.3 Å². The maximum atomic E-state index is 11.9. The molecule has 0 amide bonds. The van der Waals surface area contributed by atoms with E-state index < -0.39 is 5.41 Å². The highest BCUT2D eigenvalue weighted by atomic mass is 16.5. The summed E-state index contributed by atoms with van der Waals surface area (Å²) in [6.45, 7) is 10.1. The van der Waals surface area contributed by atoms with Gasteiger partial charge in [-0.05, 0) is 52.7 Å². The first-order valence-corrected chi connectivity index (χ1v) is 7.30. The summed E-state index contributed by atoms with van der Waals surface area (Å²) in [4.78, 5) is 23.7. The Hall–Kier alpha value is -1.84. The van der Waals surface area contributed by atoms with Gasteiger partial charge in [0.1, 0.15) is 0 Å². The molecule has 1 aliphatic carbocycles. The molecule has 0 radical (unpaired) electrons. The number of rotatable bonds is 2. The van der Waals surface area contributed by atoms with Crippen LogP contribution in [-0.4, -0.2) is 23.9 Å². The van der Waals surface area contributed by atoms with Gasteiger partial charge < -0.3 is 10.1 Å².